The lowest BCUT2D eigenvalue weighted by Gasteiger charge is -2.06. The van der Waals surface area contributed by atoms with E-state index in [4.69, 9.17) is 5.21 Å². The van der Waals surface area contributed by atoms with Gasteiger partial charge in [-0.3, -0.25) is 14.8 Å². The summed E-state index contributed by atoms with van der Waals surface area (Å²) in [5.41, 5.74) is -0.553. The van der Waals surface area contributed by atoms with Gasteiger partial charge in [0.25, 0.3) is 5.65 Å². The van der Waals surface area contributed by atoms with Crippen LogP contribution in [0.15, 0.2) is 0 Å². The summed E-state index contributed by atoms with van der Waals surface area (Å²) >= 11 is 0. The summed E-state index contributed by atoms with van der Waals surface area (Å²) in [4.78, 5) is 20.6. The van der Waals surface area contributed by atoms with Crippen LogP contribution < -0.4 is 0 Å². The van der Waals surface area contributed by atoms with Gasteiger partial charge in [0.15, 0.2) is 0 Å². The first kappa shape index (κ1) is 8.53. The van der Waals surface area contributed by atoms with Crippen molar-refractivity contribution in [2.45, 2.75) is 6.92 Å². The number of carbonyl (C=O) groups is 2. The van der Waals surface area contributed by atoms with Crippen molar-refractivity contribution in [3.8, 4) is 0 Å². The molecule has 52 valence electrons. The van der Waals surface area contributed by atoms with Gasteiger partial charge in [0.05, 0.1) is 0 Å². The first-order valence-electron chi connectivity index (χ1n) is 2.31. The Bertz CT molecular complexity index is 136. The molecule has 1 unspecified atom stereocenters. The van der Waals surface area contributed by atoms with Crippen molar-refractivity contribution in [2.75, 3.05) is 6.66 Å². The fraction of sp³-hybridized carbons (Fsp3) is 0.500. The summed E-state index contributed by atoms with van der Waals surface area (Å²) in [5.74, 6) is -0.644. The largest absolute Gasteiger partial charge is 0.278 e. The summed E-state index contributed by atoms with van der Waals surface area (Å²) in [6.45, 7) is 2.71. The zero-order chi connectivity index (χ0) is 7.44. The van der Waals surface area contributed by atoms with Gasteiger partial charge in [-0.1, -0.05) is 0 Å². The Morgan fingerprint density at radius 3 is 2.11 bits per heavy atom. The van der Waals surface area contributed by atoms with Crippen LogP contribution in [0.25, 0.3) is 0 Å². The third kappa shape index (κ3) is 2.54. The quantitative estimate of drug-likeness (QED) is 0.338. The SMILES string of the molecule is CPC(=O)N(O)C(C)=O. The standard InChI is InChI=1S/C4H8NO3P/c1-3(6)5(8)4(7)9-2/h8-9H,1-2H3. The summed E-state index contributed by atoms with van der Waals surface area (Å²) in [5, 5.41) is 8.66. The Morgan fingerprint density at radius 1 is 1.56 bits per heavy atom. The van der Waals surface area contributed by atoms with Crippen LogP contribution in [0.2, 0.25) is 0 Å². The van der Waals surface area contributed by atoms with E-state index >= 15 is 0 Å². The highest BCUT2D eigenvalue weighted by atomic mass is 31.1. The summed E-state index contributed by atoms with van der Waals surface area (Å²) < 4.78 is 0. The third-order valence-electron chi connectivity index (χ3n) is 0.705. The van der Waals surface area contributed by atoms with Gasteiger partial charge in [-0.25, -0.2) is 0 Å². The molecule has 0 aromatic carbocycles. The predicted molar refractivity (Wildman–Crippen MR) is 33.9 cm³/mol. The zero-order valence-corrected chi connectivity index (χ0v) is 6.21. The minimum absolute atomic E-state index is 0.0791. The number of hydrogen-bond acceptors (Lipinski definition) is 3. The van der Waals surface area contributed by atoms with Crippen molar-refractivity contribution in [3.05, 3.63) is 0 Å². The molecular weight excluding hydrogens is 141 g/mol. The molecule has 0 aromatic rings. The van der Waals surface area contributed by atoms with Gasteiger partial charge in [0, 0.05) is 6.92 Å². The van der Waals surface area contributed by atoms with Gasteiger partial charge < -0.3 is 0 Å². The molecule has 0 heterocycles. The molecule has 0 saturated heterocycles. The maximum Gasteiger partial charge on any atom is 0.270 e. The molecule has 0 spiro atoms. The summed E-state index contributed by atoms with van der Waals surface area (Å²) in [7, 11) is -0.0791. The molecule has 0 aromatic heterocycles. The van der Waals surface area contributed by atoms with Crippen molar-refractivity contribution < 1.29 is 14.8 Å². The van der Waals surface area contributed by atoms with Crippen molar-refractivity contribution >= 4 is 20.1 Å². The fourth-order valence-corrected chi connectivity index (χ4v) is 0.618. The Labute approximate surface area is 54.6 Å². The van der Waals surface area contributed by atoms with Crippen molar-refractivity contribution in [2.24, 2.45) is 0 Å². The van der Waals surface area contributed by atoms with Gasteiger partial charge in [-0.05, 0) is 15.2 Å². The third-order valence-corrected chi connectivity index (χ3v) is 1.34. The molecule has 0 rings (SSSR count). The van der Waals surface area contributed by atoms with Crippen LogP contribution in [0.1, 0.15) is 6.92 Å². The molecule has 0 fully saturated rings. The summed E-state index contributed by atoms with van der Waals surface area (Å²) in [6.07, 6.45) is 0. The maximum atomic E-state index is 10.4. The minimum Gasteiger partial charge on any atom is -0.278 e. The molecule has 0 aliphatic heterocycles. The Morgan fingerprint density at radius 2 is 2.00 bits per heavy atom. The lowest BCUT2D eigenvalue weighted by atomic mass is 10.7. The molecule has 0 aliphatic rings. The molecule has 1 atom stereocenters. The average Bonchev–Trinajstić information content (AvgIpc) is 1.84. The molecular formula is C4H8NO3P. The molecule has 9 heavy (non-hydrogen) atoms. The predicted octanol–water partition coefficient (Wildman–Crippen LogP) is 0.652. The topological polar surface area (TPSA) is 57.6 Å². The Hall–Kier alpha value is -0.470. The maximum absolute atomic E-state index is 10.4. The second-order valence-electron chi connectivity index (χ2n) is 1.39. The number of imide groups is 1. The second kappa shape index (κ2) is 3.54. The van der Waals surface area contributed by atoms with E-state index in [1.807, 2.05) is 0 Å². The number of hydroxylamine groups is 2. The van der Waals surface area contributed by atoms with E-state index in [9.17, 15) is 9.59 Å². The highest BCUT2D eigenvalue weighted by Gasteiger charge is 2.11. The van der Waals surface area contributed by atoms with Crippen LogP contribution in [0.3, 0.4) is 0 Å². The molecule has 2 amide bonds. The first-order valence-corrected chi connectivity index (χ1v) is 3.81. The molecule has 1 N–H and O–H groups in total. The van der Waals surface area contributed by atoms with Crippen molar-refractivity contribution in [3.63, 3.8) is 0 Å². The fourth-order valence-electron chi connectivity index (χ4n) is 0.249. The van der Waals surface area contributed by atoms with Gasteiger partial charge in [-0.2, -0.15) is 5.06 Å². The van der Waals surface area contributed by atoms with E-state index in [-0.39, 0.29) is 13.6 Å². The molecule has 5 heteroatoms. The molecule has 0 aliphatic carbocycles. The van der Waals surface area contributed by atoms with E-state index in [0.29, 0.717) is 0 Å². The number of rotatable bonds is 1. The molecule has 4 nitrogen and oxygen atoms in total. The highest BCUT2D eigenvalue weighted by molar-refractivity contribution is 7.56. The normalized spacial score (nSPS) is 10.1. The lowest BCUT2D eigenvalue weighted by molar-refractivity contribution is -0.148. The van der Waals surface area contributed by atoms with Crippen molar-refractivity contribution in [1.82, 2.24) is 5.06 Å². The van der Waals surface area contributed by atoms with E-state index in [2.05, 4.69) is 0 Å². The number of carbonyl (C=O) groups excluding carboxylic acids is 2. The van der Waals surface area contributed by atoms with Gasteiger partial charge >= 0.3 is 0 Å². The van der Waals surface area contributed by atoms with Gasteiger partial charge in [0.1, 0.15) is 0 Å². The number of nitrogens with zero attached hydrogens (tertiary/aromatic N) is 1. The van der Waals surface area contributed by atoms with Gasteiger partial charge in [0.2, 0.25) is 5.91 Å². The van der Waals surface area contributed by atoms with Crippen LogP contribution in [0.5, 0.6) is 0 Å². The average molecular weight is 149 g/mol. The van der Waals surface area contributed by atoms with Crippen LogP contribution in [-0.2, 0) is 4.79 Å². The van der Waals surface area contributed by atoms with Gasteiger partial charge in [-0.15, -0.1) is 0 Å². The molecule has 0 radical (unpaired) electrons. The van der Waals surface area contributed by atoms with Crippen LogP contribution in [-0.4, -0.2) is 28.5 Å². The first-order chi connectivity index (χ1) is 4.09. The number of amides is 2. The lowest BCUT2D eigenvalue weighted by Crippen LogP contribution is -2.27. The monoisotopic (exact) mass is 149 g/mol. The zero-order valence-electron chi connectivity index (χ0n) is 5.21. The Kier molecular flexibility index (Phi) is 3.35. The van der Waals surface area contributed by atoms with Crippen molar-refractivity contribution in [1.29, 1.82) is 0 Å². The van der Waals surface area contributed by atoms with E-state index in [0.717, 1.165) is 6.92 Å². The highest BCUT2D eigenvalue weighted by Crippen LogP contribution is 2.08. The Balaban J connectivity index is 3.88. The van der Waals surface area contributed by atoms with E-state index < -0.39 is 11.6 Å². The minimum atomic E-state index is -0.644. The smallest absolute Gasteiger partial charge is 0.270 e. The number of hydrogen-bond donors (Lipinski definition) is 1. The van der Waals surface area contributed by atoms with Crippen LogP contribution in [0.4, 0.5) is 4.79 Å². The molecule has 0 bridgehead atoms. The summed E-state index contributed by atoms with van der Waals surface area (Å²) in [6, 6.07) is 0. The van der Waals surface area contributed by atoms with Crippen LogP contribution in [0, 0.1) is 0 Å². The van der Waals surface area contributed by atoms with Crippen LogP contribution >= 0.6 is 8.58 Å². The second-order valence-corrected chi connectivity index (χ2v) is 2.31. The van der Waals surface area contributed by atoms with E-state index in [1.165, 1.54) is 0 Å². The molecule has 0 saturated carbocycles. The van der Waals surface area contributed by atoms with E-state index in [1.54, 1.807) is 6.66 Å².